The summed E-state index contributed by atoms with van der Waals surface area (Å²) in [5.74, 6) is 6.67. The van der Waals surface area contributed by atoms with E-state index in [1.807, 2.05) is 42.6 Å². The summed E-state index contributed by atoms with van der Waals surface area (Å²) in [5.41, 5.74) is 0.879. The number of hydrogen-bond acceptors (Lipinski definition) is 6. The molecule has 3 N–H and O–H groups in total. The van der Waals surface area contributed by atoms with Crippen LogP contribution in [-0.4, -0.2) is 26.5 Å². The molecule has 130 valence electrons. The van der Waals surface area contributed by atoms with Gasteiger partial charge in [0.1, 0.15) is 0 Å². The minimum atomic E-state index is -0.181. The van der Waals surface area contributed by atoms with Crippen molar-refractivity contribution < 1.29 is 4.79 Å². The molecule has 0 saturated carbocycles. The maximum atomic E-state index is 12.2. The van der Waals surface area contributed by atoms with Gasteiger partial charge < -0.3 is 11.2 Å². The first kappa shape index (κ1) is 17.8. The van der Waals surface area contributed by atoms with E-state index in [1.165, 1.54) is 27.8 Å². The summed E-state index contributed by atoms with van der Waals surface area (Å²) in [5, 5.41) is 14.1. The molecule has 0 saturated heterocycles. The zero-order valence-corrected chi connectivity index (χ0v) is 15.7. The number of halogens is 1. The number of nitrogen functional groups attached to an aromatic ring is 1. The standard InChI is InChI=1S/C16H16ClN5OS2/c1-10(11-5-2-3-6-12(11)17)19-14(23)9-25-16-21-20-15(22(16)18)13-7-4-8-24-13/h2-8,10H,9,18H2,1H3,(H,19,23)/t10-/m0/s1. The zero-order valence-electron chi connectivity index (χ0n) is 13.3. The van der Waals surface area contributed by atoms with E-state index in [1.54, 1.807) is 6.07 Å². The molecule has 9 heteroatoms. The molecule has 0 aliphatic heterocycles. The lowest BCUT2D eigenvalue weighted by Gasteiger charge is -2.15. The molecule has 6 nitrogen and oxygen atoms in total. The first-order valence-electron chi connectivity index (χ1n) is 7.47. The lowest BCUT2D eigenvalue weighted by atomic mass is 10.1. The summed E-state index contributed by atoms with van der Waals surface area (Å²) in [6.07, 6.45) is 0. The molecule has 3 aromatic rings. The number of carbonyl (C=O) groups excluding carboxylic acids is 1. The zero-order chi connectivity index (χ0) is 17.8. The molecular weight excluding hydrogens is 378 g/mol. The molecule has 0 unspecified atom stereocenters. The highest BCUT2D eigenvalue weighted by Gasteiger charge is 2.16. The minimum Gasteiger partial charge on any atom is -0.349 e. The largest absolute Gasteiger partial charge is 0.349 e. The SMILES string of the molecule is C[C@H](NC(=O)CSc1nnc(-c2cccs2)n1N)c1ccccc1Cl. The Labute approximate surface area is 158 Å². The van der Waals surface area contributed by atoms with E-state index < -0.39 is 0 Å². The third-order valence-electron chi connectivity index (χ3n) is 3.49. The number of aromatic nitrogens is 3. The number of nitrogens with zero attached hydrogens (tertiary/aromatic N) is 3. The predicted octanol–water partition coefficient (Wildman–Crippen LogP) is 3.34. The highest BCUT2D eigenvalue weighted by atomic mass is 35.5. The smallest absolute Gasteiger partial charge is 0.230 e. The molecular formula is C16H16ClN5OS2. The number of hydrogen-bond donors (Lipinski definition) is 2. The minimum absolute atomic E-state index is 0.127. The Morgan fingerprint density at radius 1 is 1.36 bits per heavy atom. The number of rotatable bonds is 6. The van der Waals surface area contributed by atoms with E-state index in [2.05, 4.69) is 15.5 Å². The van der Waals surface area contributed by atoms with E-state index in [9.17, 15) is 4.79 Å². The van der Waals surface area contributed by atoms with Crippen LogP contribution in [0.25, 0.3) is 10.7 Å². The number of thiophene rings is 1. The molecule has 0 spiro atoms. The van der Waals surface area contributed by atoms with Crippen LogP contribution >= 0.6 is 34.7 Å². The van der Waals surface area contributed by atoms with Gasteiger partial charge in [0.2, 0.25) is 11.1 Å². The van der Waals surface area contributed by atoms with Crippen LogP contribution in [0.1, 0.15) is 18.5 Å². The molecule has 1 atom stereocenters. The third-order valence-corrected chi connectivity index (χ3v) is 5.64. The van der Waals surface area contributed by atoms with Crippen molar-refractivity contribution in [3.63, 3.8) is 0 Å². The maximum Gasteiger partial charge on any atom is 0.230 e. The van der Waals surface area contributed by atoms with Gasteiger partial charge in [0.15, 0.2) is 5.82 Å². The van der Waals surface area contributed by atoms with Crippen LogP contribution in [0.5, 0.6) is 0 Å². The van der Waals surface area contributed by atoms with Crippen LogP contribution in [0.15, 0.2) is 46.9 Å². The second kappa shape index (κ2) is 7.90. The van der Waals surface area contributed by atoms with E-state index in [0.29, 0.717) is 16.0 Å². The second-order valence-electron chi connectivity index (χ2n) is 5.25. The van der Waals surface area contributed by atoms with Crippen molar-refractivity contribution in [1.29, 1.82) is 0 Å². The van der Waals surface area contributed by atoms with Crippen molar-refractivity contribution in [1.82, 2.24) is 20.2 Å². The Morgan fingerprint density at radius 2 is 2.16 bits per heavy atom. The van der Waals surface area contributed by atoms with Gasteiger partial charge in [0.25, 0.3) is 0 Å². The van der Waals surface area contributed by atoms with Gasteiger partial charge in [-0.05, 0) is 30.0 Å². The van der Waals surface area contributed by atoms with Gasteiger partial charge in [0, 0.05) is 5.02 Å². The predicted molar refractivity (Wildman–Crippen MR) is 102 cm³/mol. The van der Waals surface area contributed by atoms with Crippen molar-refractivity contribution in [3.8, 4) is 10.7 Å². The van der Waals surface area contributed by atoms with E-state index in [-0.39, 0.29) is 17.7 Å². The van der Waals surface area contributed by atoms with Crippen molar-refractivity contribution >= 4 is 40.6 Å². The number of carbonyl (C=O) groups is 1. The van der Waals surface area contributed by atoms with Crippen LogP contribution in [0, 0.1) is 0 Å². The second-order valence-corrected chi connectivity index (χ2v) is 7.55. The van der Waals surface area contributed by atoms with Crippen molar-refractivity contribution in [2.24, 2.45) is 0 Å². The van der Waals surface area contributed by atoms with E-state index in [0.717, 1.165) is 10.4 Å². The van der Waals surface area contributed by atoms with Gasteiger partial charge in [-0.15, -0.1) is 21.5 Å². The Kier molecular flexibility index (Phi) is 5.62. The molecule has 25 heavy (non-hydrogen) atoms. The van der Waals surface area contributed by atoms with Gasteiger partial charge in [-0.3, -0.25) is 4.79 Å². The molecule has 0 radical (unpaired) electrons. The topological polar surface area (TPSA) is 85.8 Å². The molecule has 0 fully saturated rings. The lowest BCUT2D eigenvalue weighted by Crippen LogP contribution is -2.28. The number of thioether (sulfide) groups is 1. The lowest BCUT2D eigenvalue weighted by molar-refractivity contribution is -0.119. The number of nitrogens with one attached hydrogen (secondary N) is 1. The molecule has 1 amide bonds. The Balaban J connectivity index is 1.59. The van der Waals surface area contributed by atoms with Crippen LogP contribution in [0.4, 0.5) is 0 Å². The average molecular weight is 394 g/mol. The monoisotopic (exact) mass is 393 g/mol. The first-order chi connectivity index (χ1) is 12.1. The quantitative estimate of drug-likeness (QED) is 0.495. The van der Waals surface area contributed by atoms with E-state index >= 15 is 0 Å². The summed E-state index contributed by atoms with van der Waals surface area (Å²) < 4.78 is 1.40. The average Bonchev–Trinajstić information content (AvgIpc) is 3.23. The summed E-state index contributed by atoms with van der Waals surface area (Å²) >= 11 is 8.92. The summed E-state index contributed by atoms with van der Waals surface area (Å²) in [6, 6.07) is 11.1. The van der Waals surface area contributed by atoms with Gasteiger partial charge in [-0.25, -0.2) is 4.68 Å². The third kappa shape index (κ3) is 4.15. The fourth-order valence-electron chi connectivity index (χ4n) is 2.27. The van der Waals surface area contributed by atoms with Crippen molar-refractivity contribution in [2.75, 3.05) is 11.6 Å². The first-order valence-corrected chi connectivity index (χ1v) is 9.71. The van der Waals surface area contributed by atoms with Crippen molar-refractivity contribution in [3.05, 3.63) is 52.4 Å². The number of nitrogens with two attached hydrogens (primary N) is 1. The van der Waals surface area contributed by atoms with Crippen LogP contribution < -0.4 is 11.2 Å². The summed E-state index contributed by atoms with van der Waals surface area (Å²) in [7, 11) is 0. The van der Waals surface area contributed by atoms with Crippen LogP contribution in [-0.2, 0) is 4.79 Å². The van der Waals surface area contributed by atoms with Gasteiger partial charge in [-0.1, -0.05) is 47.6 Å². The Bertz CT molecular complexity index is 865. The molecule has 0 bridgehead atoms. The highest BCUT2D eigenvalue weighted by molar-refractivity contribution is 7.99. The Hall–Kier alpha value is -2.03. The summed E-state index contributed by atoms with van der Waals surface area (Å²) in [6.45, 7) is 1.89. The van der Waals surface area contributed by atoms with Crippen LogP contribution in [0.2, 0.25) is 5.02 Å². The normalized spacial score (nSPS) is 12.1. The molecule has 2 heterocycles. The highest BCUT2D eigenvalue weighted by Crippen LogP contribution is 2.25. The fraction of sp³-hybridized carbons (Fsp3) is 0.188. The van der Waals surface area contributed by atoms with Crippen LogP contribution in [0.3, 0.4) is 0 Å². The molecule has 1 aromatic carbocycles. The Morgan fingerprint density at radius 3 is 2.88 bits per heavy atom. The van der Waals surface area contributed by atoms with Gasteiger partial charge in [0.05, 0.1) is 16.7 Å². The van der Waals surface area contributed by atoms with E-state index in [4.69, 9.17) is 17.4 Å². The number of amides is 1. The van der Waals surface area contributed by atoms with Gasteiger partial charge >= 0.3 is 0 Å². The number of benzene rings is 1. The molecule has 3 rings (SSSR count). The molecule has 0 aliphatic rings. The van der Waals surface area contributed by atoms with Gasteiger partial charge in [-0.2, -0.15) is 0 Å². The maximum absolute atomic E-state index is 12.2. The molecule has 2 aromatic heterocycles. The fourth-order valence-corrected chi connectivity index (χ4v) is 3.94. The summed E-state index contributed by atoms with van der Waals surface area (Å²) in [4.78, 5) is 13.1. The van der Waals surface area contributed by atoms with Crippen molar-refractivity contribution in [2.45, 2.75) is 18.1 Å². The molecule has 0 aliphatic carbocycles.